The Bertz CT molecular complexity index is 223. The van der Waals surface area contributed by atoms with Crippen LogP contribution in [0.3, 0.4) is 0 Å². The first-order chi connectivity index (χ1) is 5.07. The maximum absolute atomic E-state index is 10.5. The fraction of sp³-hybridized carbons (Fsp3) is 0.429. The van der Waals surface area contributed by atoms with E-state index >= 15 is 0 Å². The lowest BCUT2D eigenvalue weighted by atomic mass is 10.1. The van der Waals surface area contributed by atoms with Crippen molar-refractivity contribution in [3.63, 3.8) is 0 Å². The summed E-state index contributed by atoms with van der Waals surface area (Å²) < 4.78 is 0. The molecule has 0 aliphatic carbocycles. The molecule has 0 atom stereocenters. The smallest absolute Gasteiger partial charge is 0.303 e. The summed E-state index contributed by atoms with van der Waals surface area (Å²) in [6.07, 6.45) is -0.238. The van der Waals surface area contributed by atoms with Crippen LogP contribution in [0.5, 0.6) is 0 Å². The second-order valence-corrected chi connectivity index (χ2v) is 2.03. The minimum Gasteiger partial charge on any atom is -0.481 e. The number of hydrogen-bond acceptors (Lipinski definition) is 3. The van der Waals surface area contributed by atoms with E-state index in [9.17, 15) is 14.4 Å². The average molecular weight is 156 g/mol. The zero-order valence-corrected chi connectivity index (χ0v) is 6.09. The zero-order valence-electron chi connectivity index (χ0n) is 6.09. The second-order valence-electron chi connectivity index (χ2n) is 2.03. The molecule has 0 amide bonds. The quantitative estimate of drug-likeness (QED) is 0.466. The predicted molar refractivity (Wildman–Crippen MR) is 36.8 cm³/mol. The van der Waals surface area contributed by atoms with E-state index in [1.807, 2.05) is 0 Å². The Balaban J connectivity index is 4.03. The number of carboxylic acid groups (broad SMARTS) is 1. The Morgan fingerprint density at radius 3 is 2.18 bits per heavy atom. The number of Topliss-reactive ketones (excluding diaryl/α,β-unsaturated/α-hetero) is 1. The third kappa shape index (κ3) is 4.06. The first-order valence-electron chi connectivity index (χ1n) is 3.04. The highest BCUT2D eigenvalue weighted by Crippen LogP contribution is 2.01. The highest BCUT2D eigenvalue weighted by atomic mass is 16.4. The van der Waals surface area contributed by atoms with Gasteiger partial charge in [0.25, 0.3) is 0 Å². The van der Waals surface area contributed by atoms with Gasteiger partial charge in [-0.1, -0.05) is 0 Å². The SMILES string of the molecule is CC(=O)C(=C=O)CCC(=O)O. The van der Waals surface area contributed by atoms with Crippen LogP contribution < -0.4 is 0 Å². The van der Waals surface area contributed by atoms with Crippen molar-refractivity contribution in [1.82, 2.24) is 0 Å². The van der Waals surface area contributed by atoms with Crippen LogP contribution >= 0.6 is 0 Å². The number of carboxylic acids is 1. The summed E-state index contributed by atoms with van der Waals surface area (Å²) in [6.45, 7) is 1.21. The summed E-state index contributed by atoms with van der Waals surface area (Å²) in [7, 11) is 0. The summed E-state index contributed by atoms with van der Waals surface area (Å²) in [4.78, 5) is 30.5. The van der Waals surface area contributed by atoms with E-state index < -0.39 is 11.8 Å². The molecule has 0 rings (SSSR count). The molecule has 0 bridgehead atoms. The molecule has 0 saturated heterocycles. The standard InChI is InChI=1S/C7H8O4/c1-5(9)6(4-8)2-3-7(10)11/h2-3H2,1H3,(H,10,11). The molecule has 0 aromatic heterocycles. The molecule has 0 aliphatic heterocycles. The number of carbonyl (C=O) groups is 2. The van der Waals surface area contributed by atoms with Gasteiger partial charge in [-0.3, -0.25) is 9.59 Å². The van der Waals surface area contributed by atoms with Crippen LogP contribution in [0.1, 0.15) is 19.8 Å². The van der Waals surface area contributed by atoms with Gasteiger partial charge in [-0.25, -0.2) is 4.79 Å². The molecular formula is C7H8O4. The van der Waals surface area contributed by atoms with Gasteiger partial charge in [0, 0.05) is 0 Å². The van der Waals surface area contributed by atoms with Crippen LogP contribution in [0.4, 0.5) is 0 Å². The van der Waals surface area contributed by atoms with Crippen LogP contribution in [-0.4, -0.2) is 22.8 Å². The summed E-state index contributed by atoms with van der Waals surface area (Å²) in [5.74, 6) is -0.0336. The lowest BCUT2D eigenvalue weighted by molar-refractivity contribution is -0.136. The number of carbonyl (C=O) groups excluding carboxylic acids is 2. The van der Waals surface area contributed by atoms with E-state index in [1.165, 1.54) is 12.9 Å². The van der Waals surface area contributed by atoms with Crippen molar-refractivity contribution in [3.05, 3.63) is 5.57 Å². The number of ketones is 1. The van der Waals surface area contributed by atoms with Gasteiger partial charge in [0.2, 0.25) is 0 Å². The lowest BCUT2D eigenvalue weighted by Gasteiger charge is -1.93. The van der Waals surface area contributed by atoms with Crippen molar-refractivity contribution >= 4 is 17.7 Å². The fourth-order valence-corrected chi connectivity index (χ4v) is 0.531. The third-order valence-corrected chi connectivity index (χ3v) is 1.14. The molecule has 4 nitrogen and oxygen atoms in total. The number of hydrogen-bond donors (Lipinski definition) is 1. The molecule has 0 unspecified atom stereocenters. The van der Waals surface area contributed by atoms with Gasteiger partial charge in [0.05, 0.1) is 12.0 Å². The van der Waals surface area contributed by atoms with Crippen molar-refractivity contribution in [2.75, 3.05) is 0 Å². The van der Waals surface area contributed by atoms with Gasteiger partial charge in [0.15, 0.2) is 5.78 Å². The van der Waals surface area contributed by atoms with Gasteiger partial charge < -0.3 is 5.11 Å². The minimum absolute atomic E-state index is 0.0336. The molecule has 0 fully saturated rings. The lowest BCUT2D eigenvalue weighted by Crippen LogP contribution is -2.01. The van der Waals surface area contributed by atoms with Gasteiger partial charge in [0.1, 0.15) is 5.94 Å². The van der Waals surface area contributed by atoms with E-state index in [0.29, 0.717) is 0 Å². The Labute approximate surface area is 63.5 Å². The van der Waals surface area contributed by atoms with E-state index in [2.05, 4.69) is 0 Å². The van der Waals surface area contributed by atoms with Crippen LogP contribution in [0.2, 0.25) is 0 Å². The van der Waals surface area contributed by atoms with Crippen LogP contribution in [-0.2, 0) is 14.4 Å². The van der Waals surface area contributed by atoms with Crippen LogP contribution in [0.25, 0.3) is 0 Å². The van der Waals surface area contributed by atoms with Crippen molar-refractivity contribution in [1.29, 1.82) is 0 Å². The highest BCUT2D eigenvalue weighted by Gasteiger charge is 2.06. The topological polar surface area (TPSA) is 71.4 Å². The molecule has 0 aromatic rings. The first-order valence-corrected chi connectivity index (χ1v) is 3.04. The van der Waals surface area contributed by atoms with Crippen molar-refractivity contribution in [3.8, 4) is 0 Å². The van der Waals surface area contributed by atoms with Gasteiger partial charge >= 0.3 is 5.97 Å². The van der Waals surface area contributed by atoms with E-state index in [0.717, 1.165) is 0 Å². The first kappa shape index (κ1) is 9.59. The molecule has 0 spiro atoms. The molecule has 0 radical (unpaired) electrons. The Morgan fingerprint density at radius 2 is 1.91 bits per heavy atom. The molecule has 4 heteroatoms. The monoisotopic (exact) mass is 156 g/mol. The molecule has 0 aliphatic rings. The van der Waals surface area contributed by atoms with Gasteiger partial charge in [-0.05, 0) is 13.3 Å². The Kier molecular flexibility index (Phi) is 3.85. The summed E-state index contributed by atoms with van der Waals surface area (Å²) >= 11 is 0. The molecule has 60 valence electrons. The molecule has 0 heterocycles. The largest absolute Gasteiger partial charge is 0.481 e. The number of aliphatic carboxylic acids is 1. The Hall–Kier alpha value is -1.41. The second kappa shape index (κ2) is 4.41. The fourth-order valence-electron chi connectivity index (χ4n) is 0.531. The third-order valence-electron chi connectivity index (χ3n) is 1.14. The predicted octanol–water partition coefficient (Wildman–Crippen LogP) is 0.198. The van der Waals surface area contributed by atoms with Crippen molar-refractivity contribution < 1.29 is 19.5 Å². The molecule has 11 heavy (non-hydrogen) atoms. The molecule has 0 aromatic carbocycles. The summed E-state index contributed by atoms with van der Waals surface area (Å²) in [5.41, 5.74) is -0.0904. The van der Waals surface area contributed by atoms with Gasteiger partial charge in [-0.2, -0.15) is 0 Å². The van der Waals surface area contributed by atoms with Gasteiger partial charge in [-0.15, -0.1) is 0 Å². The highest BCUT2D eigenvalue weighted by molar-refractivity contribution is 6.00. The van der Waals surface area contributed by atoms with E-state index in [1.54, 1.807) is 0 Å². The average Bonchev–Trinajstić information content (AvgIpc) is 1.87. The maximum atomic E-state index is 10.5. The molecule has 1 N–H and O–H groups in total. The van der Waals surface area contributed by atoms with Crippen molar-refractivity contribution in [2.24, 2.45) is 0 Å². The zero-order chi connectivity index (χ0) is 8.85. The van der Waals surface area contributed by atoms with E-state index in [4.69, 9.17) is 5.11 Å². The molecule has 0 saturated carbocycles. The number of allylic oxidation sites excluding steroid dienone is 1. The van der Waals surface area contributed by atoms with Crippen LogP contribution in [0, 0.1) is 0 Å². The molecular weight excluding hydrogens is 148 g/mol. The van der Waals surface area contributed by atoms with E-state index in [-0.39, 0.29) is 18.4 Å². The minimum atomic E-state index is -1.03. The maximum Gasteiger partial charge on any atom is 0.303 e. The summed E-state index contributed by atoms with van der Waals surface area (Å²) in [5, 5.41) is 8.19. The normalized spacial score (nSPS) is 8.45. The number of rotatable bonds is 4. The Morgan fingerprint density at radius 1 is 1.36 bits per heavy atom. The van der Waals surface area contributed by atoms with Crippen LogP contribution in [0.15, 0.2) is 5.57 Å². The van der Waals surface area contributed by atoms with Crippen molar-refractivity contribution in [2.45, 2.75) is 19.8 Å². The summed E-state index contributed by atoms with van der Waals surface area (Å²) in [6, 6.07) is 0.